The average molecular weight is 599 g/mol. The zero-order valence-corrected chi connectivity index (χ0v) is 22.9. The second-order valence-electron chi connectivity index (χ2n) is 10.6. The number of amides is 3. The second-order valence-corrected chi connectivity index (χ2v) is 10.6. The zero-order chi connectivity index (χ0) is 31.3. The Bertz CT molecular complexity index is 1100. The van der Waals surface area contributed by atoms with Crippen LogP contribution < -0.4 is 10.6 Å². The molecule has 41 heavy (non-hydrogen) atoms. The van der Waals surface area contributed by atoms with Gasteiger partial charge in [-0.3, -0.25) is 24.2 Å². The number of hydrogen-bond acceptors (Lipinski definition) is 5. The second kappa shape index (κ2) is 13.1. The molecule has 1 saturated heterocycles. The van der Waals surface area contributed by atoms with Crippen LogP contribution in [-0.2, 0) is 25.6 Å². The quantitative estimate of drug-likeness (QED) is 0.357. The van der Waals surface area contributed by atoms with Crippen LogP contribution in [0.3, 0.4) is 0 Å². The van der Waals surface area contributed by atoms with Gasteiger partial charge in [-0.05, 0) is 42.7 Å². The van der Waals surface area contributed by atoms with Crippen molar-refractivity contribution < 1.29 is 49.9 Å². The summed E-state index contributed by atoms with van der Waals surface area (Å²) in [5.74, 6) is -19.7. The van der Waals surface area contributed by atoms with E-state index >= 15 is 0 Å². The molecule has 2 N–H and O–H groups in total. The third kappa shape index (κ3) is 7.73. The Labute approximate surface area is 232 Å². The molecule has 0 aromatic carbocycles. The van der Waals surface area contributed by atoms with Crippen molar-refractivity contribution in [2.24, 2.45) is 11.8 Å². The van der Waals surface area contributed by atoms with Gasteiger partial charge in [0.15, 0.2) is 0 Å². The first-order valence-electron chi connectivity index (χ1n) is 13.0. The van der Waals surface area contributed by atoms with Crippen molar-refractivity contribution in [3.8, 4) is 0 Å². The molecule has 0 bridgehead atoms. The lowest BCUT2D eigenvalue weighted by Gasteiger charge is -2.33. The normalized spacial score (nSPS) is 17.9. The zero-order valence-electron chi connectivity index (χ0n) is 22.9. The standard InChI is InChI=1S/C26H33F7N4O4/c1-14(2)19(21(39)24(27,28)25(29,30)26(31,32)33)36-22(40)17-8-6-12-37(17)23(41)20(15(3)4)35-18(38)10-9-16-7-5-11-34-13-16/h5,7,11,13-15,17,19-20H,6,8-10,12H2,1-4H3,(H,35,38)(H,36,40)/t17-,19?,20-/m0/s1. The van der Waals surface area contributed by atoms with Crippen molar-refractivity contribution in [1.29, 1.82) is 0 Å². The monoisotopic (exact) mass is 598 g/mol. The van der Waals surface area contributed by atoms with Crippen molar-refractivity contribution in [2.45, 2.75) is 89.5 Å². The highest BCUT2D eigenvalue weighted by Gasteiger charge is 2.76. The lowest BCUT2D eigenvalue weighted by atomic mass is 9.92. The van der Waals surface area contributed by atoms with Gasteiger partial charge in [-0.25, -0.2) is 0 Å². The number of aromatic nitrogens is 1. The summed E-state index contributed by atoms with van der Waals surface area (Å²) >= 11 is 0. The molecule has 1 aliphatic heterocycles. The number of nitrogens with zero attached hydrogens (tertiary/aromatic N) is 2. The number of likely N-dealkylation sites (tertiary alicyclic amines) is 1. The van der Waals surface area contributed by atoms with Crippen molar-refractivity contribution in [3.05, 3.63) is 30.1 Å². The smallest absolute Gasteiger partial charge is 0.344 e. The molecule has 0 aliphatic carbocycles. The van der Waals surface area contributed by atoms with Crippen LogP contribution in [-0.4, -0.2) is 76.1 Å². The fourth-order valence-electron chi connectivity index (χ4n) is 4.36. The Morgan fingerprint density at radius 3 is 2.10 bits per heavy atom. The van der Waals surface area contributed by atoms with Crippen molar-refractivity contribution >= 4 is 23.5 Å². The summed E-state index contributed by atoms with van der Waals surface area (Å²) in [6, 6.07) is -1.35. The van der Waals surface area contributed by atoms with Gasteiger partial charge in [-0.2, -0.15) is 30.7 Å². The predicted molar refractivity (Wildman–Crippen MR) is 132 cm³/mol. The molecule has 3 atom stereocenters. The van der Waals surface area contributed by atoms with E-state index in [-0.39, 0.29) is 25.8 Å². The van der Waals surface area contributed by atoms with E-state index in [0.717, 1.165) is 24.3 Å². The minimum absolute atomic E-state index is 0.00541. The lowest BCUT2D eigenvalue weighted by molar-refractivity contribution is -0.344. The Kier molecular flexibility index (Phi) is 10.9. The maximum Gasteiger partial charge on any atom is 0.460 e. The molecule has 1 unspecified atom stereocenters. The van der Waals surface area contributed by atoms with E-state index in [9.17, 15) is 49.9 Å². The van der Waals surface area contributed by atoms with Gasteiger partial charge in [0.25, 0.3) is 0 Å². The first-order valence-corrected chi connectivity index (χ1v) is 13.0. The summed E-state index contributed by atoms with van der Waals surface area (Å²) in [4.78, 5) is 56.3. The van der Waals surface area contributed by atoms with E-state index < -0.39 is 71.5 Å². The Morgan fingerprint density at radius 2 is 1.59 bits per heavy atom. The van der Waals surface area contributed by atoms with E-state index in [1.165, 1.54) is 0 Å². The van der Waals surface area contributed by atoms with Crippen molar-refractivity contribution in [1.82, 2.24) is 20.5 Å². The maximum atomic E-state index is 14.1. The maximum absolute atomic E-state index is 14.1. The molecule has 1 aromatic heterocycles. The lowest BCUT2D eigenvalue weighted by Crippen LogP contribution is -2.63. The van der Waals surface area contributed by atoms with Crippen LogP contribution in [0.4, 0.5) is 30.7 Å². The minimum atomic E-state index is -6.72. The summed E-state index contributed by atoms with van der Waals surface area (Å²) in [6.07, 6.45) is -2.92. The first kappa shape index (κ1) is 33.9. The Hall–Kier alpha value is -3.26. The number of nitrogens with one attached hydrogen (secondary N) is 2. The van der Waals surface area contributed by atoms with Gasteiger partial charge in [0, 0.05) is 25.4 Å². The van der Waals surface area contributed by atoms with Gasteiger partial charge in [0.2, 0.25) is 23.5 Å². The van der Waals surface area contributed by atoms with Crippen LogP contribution in [0.1, 0.15) is 52.5 Å². The number of carbonyl (C=O) groups excluding carboxylic acids is 4. The van der Waals surface area contributed by atoms with Gasteiger partial charge in [-0.15, -0.1) is 0 Å². The summed E-state index contributed by atoms with van der Waals surface area (Å²) in [6.45, 7) is 5.47. The summed E-state index contributed by atoms with van der Waals surface area (Å²) in [7, 11) is 0. The third-order valence-electron chi connectivity index (χ3n) is 6.76. The molecule has 3 amide bonds. The molecular formula is C26H33F7N4O4. The molecule has 15 heteroatoms. The van der Waals surface area contributed by atoms with Crippen LogP contribution >= 0.6 is 0 Å². The minimum Gasteiger partial charge on any atom is -0.344 e. The molecular weight excluding hydrogens is 565 g/mol. The third-order valence-corrected chi connectivity index (χ3v) is 6.76. The van der Waals surface area contributed by atoms with E-state index in [0.29, 0.717) is 6.42 Å². The molecule has 0 spiro atoms. The van der Waals surface area contributed by atoms with E-state index in [1.807, 2.05) is 5.32 Å². The Balaban J connectivity index is 2.17. The van der Waals surface area contributed by atoms with E-state index in [1.54, 1.807) is 38.4 Å². The fourth-order valence-corrected chi connectivity index (χ4v) is 4.36. The summed E-state index contributed by atoms with van der Waals surface area (Å²) < 4.78 is 93.2. The van der Waals surface area contributed by atoms with Crippen LogP contribution in [0.25, 0.3) is 0 Å². The number of ketones is 1. The molecule has 0 radical (unpaired) electrons. The molecule has 1 aliphatic rings. The van der Waals surface area contributed by atoms with Gasteiger partial charge in [0.05, 0.1) is 6.04 Å². The van der Waals surface area contributed by atoms with E-state index in [4.69, 9.17) is 0 Å². The van der Waals surface area contributed by atoms with Crippen LogP contribution in [0, 0.1) is 11.8 Å². The molecule has 0 saturated carbocycles. The highest BCUT2D eigenvalue weighted by molar-refractivity contribution is 5.97. The highest BCUT2D eigenvalue weighted by Crippen LogP contribution is 2.47. The number of halogens is 7. The van der Waals surface area contributed by atoms with Crippen molar-refractivity contribution in [2.75, 3.05) is 6.54 Å². The number of rotatable bonds is 12. The molecule has 1 fully saturated rings. The number of Topliss-reactive ketones (excluding diaryl/α,β-unsaturated/α-hetero) is 1. The number of carbonyl (C=O) groups is 4. The molecule has 1 aromatic rings. The van der Waals surface area contributed by atoms with Crippen molar-refractivity contribution in [3.63, 3.8) is 0 Å². The molecule has 2 heterocycles. The number of alkyl halides is 7. The predicted octanol–water partition coefficient (Wildman–Crippen LogP) is 3.69. The van der Waals surface area contributed by atoms with Gasteiger partial charge < -0.3 is 15.5 Å². The van der Waals surface area contributed by atoms with Gasteiger partial charge in [0.1, 0.15) is 12.1 Å². The fraction of sp³-hybridized carbons (Fsp3) is 0.654. The molecule has 8 nitrogen and oxygen atoms in total. The largest absolute Gasteiger partial charge is 0.460 e. The van der Waals surface area contributed by atoms with Gasteiger partial charge >= 0.3 is 18.0 Å². The van der Waals surface area contributed by atoms with Crippen LogP contribution in [0.15, 0.2) is 24.5 Å². The number of pyridine rings is 1. The first-order chi connectivity index (χ1) is 18.8. The SMILES string of the molecule is CC(C)C(NC(=O)[C@@H]1CCCN1C(=O)[C@@H](NC(=O)CCc1cccnc1)C(C)C)C(=O)C(F)(F)C(F)(F)C(F)(F)F. The highest BCUT2D eigenvalue weighted by atomic mass is 19.4. The summed E-state index contributed by atoms with van der Waals surface area (Å²) in [5.41, 5.74) is 0.791. The number of aryl methyl sites for hydroxylation is 1. The Morgan fingerprint density at radius 1 is 0.976 bits per heavy atom. The average Bonchev–Trinajstić information content (AvgIpc) is 3.38. The topological polar surface area (TPSA) is 108 Å². The molecule has 2 rings (SSSR count). The molecule has 230 valence electrons. The number of hydrogen-bond donors (Lipinski definition) is 2. The van der Waals surface area contributed by atoms with Crippen LogP contribution in [0.2, 0.25) is 0 Å². The van der Waals surface area contributed by atoms with Gasteiger partial charge in [-0.1, -0.05) is 33.8 Å². The van der Waals surface area contributed by atoms with E-state index in [2.05, 4.69) is 10.3 Å². The summed E-state index contributed by atoms with van der Waals surface area (Å²) in [5, 5.41) is 4.49. The van der Waals surface area contributed by atoms with Crippen LogP contribution in [0.5, 0.6) is 0 Å².